The summed E-state index contributed by atoms with van der Waals surface area (Å²) in [5, 5.41) is 9.32. The van der Waals surface area contributed by atoms with Crippen LogP contribution in [0.2, 0.25) is 5.02 Å². The van der Waals surface area contributed by atoms with Gasteiger partial charge in [-0.25, -0.2) is 9.78 Å². The molecule has 1 aliphatic rings. The molecular weight excluding hydrogens is 276 g/mol. The molecule has 3 rings (SSSR count). The highest BCUT2D eigenvalue weighted by molar-refractivity contribution is 6.33. The Hall–Kier alpha value is -2.07. The molecule has 2 aromatic rings. The summed E-state index contributed by atoms with van der Waals surface area (Å²) in [7, 11) is 0. The maximum absolute atomic E-state index is 10.9. The number of halogens is 1. The highest BCUT2D eigenvalue weighted by Gasteiger charge is 2.29. The molecule has 1 unspecified atom stereocenters. The lowest BCUT2D eigenvalue weighted by atomic mass is 10.1. The van der Waals surface area contributed by atoms with Gasteiger partial charge in [0, 0.05) is 17.9 Å². The van der Waals surface area contributed by atoms with Gasteiger partial charge in [-0.15, -0.1) is 0 Å². The van der Waals surface area contributed by atoms with E-state index in [2.05, 4.69) is 22.9 Å². The van der Waals surface area contributed by atoms with Crippen LogP contribution in [-0.4, -0.2) is 22.1 Å². The van der Waals surface area contributed by atoms with E-state index in [0.717, 1.165) is 12.1 Å². The predicted molar refractivity (Wildman–Crippen MR) is 78.0 cm³/mol. The van der Waals surface area contributed by atoms with Gasteiger partial charge in [-0.05, 0) is 31.0 Å². The van der Waals surface area contributed by atoms with Crippen molar-refractivity contribution in [1.29, 1.82) is 0 Å². The zero-order chi connectivity index (χ0) is 14.3. The average Bonchev–Trinajstić information content (AvgIpc) is 2.74. The summed E-state index contributed by atoms with van der Waals surface area (Å²) in [6.45, 7) is 2.10. The Morgan fingerprint density at radius 3 is 2.90 bits per heavy atom. The fourth-order valence-electron chi connectivity index (χ4n) is 2.61. The van der Waals surface area contributed by atoms with Crippen LogP contribution < -0.4 is 4.90 Å². The molecule has 1 aromatic heterocycles. The van der Waals surface area contributed by atoms with Crippen LogP contribution in [0.25, 0.3) is 0 Å². The van der Waals surface area contributed by atoms with Crippen LogP contribution in [0.3, 0.4) is 0 Å². The molecule has 0 saturated carbocycles. The Morgan fingerprint density at radius 1 is 1.45 bits per heavy atom. The van der Waals surface area contributed by atoms with Gasteiger partial charge < -0.3 is 10.0 Å². The monoisotopic (exact) mass is 288 g/mol. The van der Waals surface area contributed by atoms with Gasteiger partial charge >= 0.3 is 5.97 Å². The van der Waals surface area contributed by atoms with Crippen molar-refractivity contribution >= 4 is 29.1 Å². The van der Waals surface area contributed by atoms with Gasteiger partial charge in [-0.1, -0.05) is 29.8 Å². The van der Waals surface area contributed by atoms with Crippen LogP contribution >= 0.6 is 11.6 Å². The third-order valence-electron chi connectivity index (χ3n) is 3.50. The summed E-state index contributed by atoms with van der Waals surface area (Å²) < 4.78 is 0. The number of anilines is 2. The number of carboxylic acids is 1. The number of fused-ring (bicyclic) bond motifs is 1. The first-order chi connectivity index (χ1) is 9.58. The van der Waals surface area contributed by atoms with Crippen molar-refractivity contribution in [2.45, 2.75) is 19.4 Å². The van der Waals surface area contributed by atoms with Crippen LogP contribution in [0.15, 0.2) is 36.5 Å². The number of carboxylic acid groups (broad SMARTS) is 1. The SMILES string of the molecule is CC1Cc2ccccc2N1c1ncc(C(=O)O)cc1Cl. The number of hydrogen-bond acceptors (Lipinski definition) is 3. The predicted octanol–water partition coefficient (Wildman–Crippen LogP) is 3.52. The molecule has 0 fully saturated rings. The highest BCUT2D eigenvalue weighted by Crippen LogP contribution is 2.39. The minimum absolute atomic E-state index is 0.0962. The van der Waals surface area contributed by atoms with Gasteiger partial charge in [0.15, 0.2) is 5.82 Å². The Morgan fingerprint density at radius 2 is 2.20 bits per heavy atom. The molecule has 1 atom stereocenters. The number of nitrogens with zero attached hydrogens (tertiary/aromatic N) is 2. The normalized spacial score (nSPS) is 17.1. The molecule has 0 bridgehead atoms. The molecule has 20 heavy (non-hydrogen) atoms. The third-order valence-corrected chi connectivity index (χ3v) is 3.78. The minimum Gasteiger partial charge on any atom is -0.478 e. The van der Waals surface area contributed by atoms with Gasteiger partial charge in [0.2, 0.25) is 0 Å². The molecule has 0 radical (unpaired) electrons. The number of para-hydroxylation sites is 1. The van der Waals surface area contributed by atoms with Gasteiger partial charge in [0.25, 0.3) is 0 Å². The van der Waals surface area contributed by atoms with E-state index in [9.17, 15) is 4.79 Å². The van der Waals surface area contributed by atoms with E-state index in [0.29, 0.717) is 10.8 Å². The summed E-state index contributed by atoms with van der Waals surface area (Å²) in [6, 6.07) is 9.79. The number of hydrogen-bond donors (Lipinski definition) is 1. The maximum atomic E-state index is 10.9. The topological polar surface area (TPSA) is 53.4 Å². The molecular formula is C15H13ClN2O2. The molecule has 0 saturated heterocycles. The van der Waals surface area contributed by atoms with Crippen molar-refractivity contribution < 1.29 is 9.90 Å². The number of benzene rings is 1. The van der Waals surface area contributed by atoms with Crippen LogP contribution in [-0.2, 0) is 6.42 Å². The van der Waals surface area contributed by atoms with Crippen molar-refractivity contribution in [3.63, 3.8) is 0 Å². The zero-order valence-electron chi connectivity index (χ0n) is 10.9. The number of pyridine rings is 1. The molecule has 4 nitrogen and oxygen atoms in total. The van der Waals surface area contributed by atoms with E-state index in [1.165, 1.54) is 17.8 Å². The third kappa shape index (κ3) is 2.02. The molecule has 1 aromatic carbocycles. The van der Waals surface area contributed by atoms with Crippen LogP contribution in [0.5, 0.6) is 0 Å². The fourth-order valence-corrected chi connectivity index (χ4v) is 2.87. The molecule has 102 valence electrons. The lowest BCUT2D eigenvalue weighted by Gasteiger charge is -2.24. The van der Waals surface area contributed by atoms with Crippen molar-refractivity contribution in [3.05, 3.63) is 52.7 Å². The number of carbonyl (C=O) groups is 1. The maximum Gasteiger partial charge on any atom is 0.337 e. The molecule has 0 aliphatic carbocycles. The Bertz CT molecular complexity index is 687. The standard InChI is InChI=1S/C15H13ClN2O2/c1-9-6-10-4-2-3-5-13(10)18(9)14-12(16)7-11(8-17-14)15(19)20/h2-5,7-9H,6H2,1H3,(H,19,20). The first kappa shape index (κ1) is 12.9. The van der Waals surface area contributed by atoms with Crippen LogP contribution in [0.4, 0.5) is 11.5 Å². The summed E-state index contributed by atoms with van der Waals surface area (Å²) in [4.78, 5) is 17.2. The van der Waals surface area contributed by atoms with Crippen molar-refractivity contribution in [2.75, 3.05) is 4.90 Å². The Kier molecular flexibility index (Phi) is 3.10. The second-order valence-corrected chi connectivity index (χ2v) is 5.29. The van der Waals surface area contributed by atoms with Gasteiger partial charge in [-0.2, -0.15) is 0 Å². The zero-order valence-corrected chi connectivity index (χ0v) is 11.6. The Labute approximate surface area is 121 Å². The van der Waals surface area contributed by atoms with E-state index >= 15 is 0 Å². The molecule has 0 spiro atoms. The molecule has 0 amide bonds. The molecule has 5 heteroatoms. The fraction of sp³-hybridized carbons (Fsp3) is 0.200. The second-order valence-electron chi connectivity index (χ2n) is 4.89. The molecule has 2 heterocycles. The molecule has 1 aliphatic heterocycles. The van der Waals surface area contributed by atoms with E-state index in [-0.39, 0.29) is 11.6 Å². The van der Waals surface area contributed by atoms with Crippen molar-refractivity contribution in [3.8, 4) is 0 Å². The molecule has 1 N–H and O–H groups in total. The first-order valence-electron chi connectivity index (χ1n) is 6.34. The smallest absolute Gasteiger partial charge is 0.337 e. The van der Waals surface area contributed by atoms with Gasteiger partial charge in [0.1, 0.15) is 0 Å². The number of aromatic nitrogens is 1. The van der Waals surface area contributed by atoms with Crippen LogP contribution in [0, 0.1) is 0 Å². The summed E-state index contributed by atoms with van der Waals surface area (Å²) in [5.41, 5.74) is 2.43. The Balaban J connectivity index is 2.07. The highest BCUT2D eigenvalue weighted by atomic mass is 35.5. The van der Waals surface area contributed by atoms with Gasteiger partial charge in [-0.3, -0.25) is 0 Å². The first-order valence-corrected chi connectivity index (χ1v) is 6.71. The van der Waals surface area contributed by atoms with E-state index < -0.39 is 5.97 Å². The quantitative estimate of drug-likeness (QED) is 0.919. The summed E-state index contributed by atoms with van der Waals surface area (Å²) >= 11 is 6.22. The lowest BCUT2D eigenvalue weighted by Crippen LogP contribution is -2.25. The second kappa shape index (κ2) is 4.80. The van der Waals surface area contributed by atoms with E-state index in [4.69, 9.17) is 16.7 Å². The summed E-state index contributed by atoms with van der Waals surface area (Å²) in [5.74, 6) is -0.421. The van der Waals surface area contributed by atoms with Crippen LogP contribution in [0.1, 0.15) is 22.8 Å². The number of aromatic carboxylic acids is 1. The number of rotatable bonds is 2. The van der Waals surface area contributed by atoms with Crippen molar-refractivity contribution in [2.24, 2.45) is 0 Å². The largest absolute Gasteiger partial charge is 0.478 e. The van der Waals surface area contributed by atoms with E-state index in [1.807, 2.05) is 18.2 Å². The van der Waals surface area contributed by atoms with E-state index in [1.54, 1.807) is 0 Å². The lowest BCUT2D eigenvalue weighted by molar-refractivity contribution is 0.0696. The van der Waals surface area contributed by atoms with Gasteiger partial charge in [0.05, 0.1) is 10.6 Å². The summed E-state index contributed by atoms with van der Waals surface area (Å²) in [6.07, 6.45) is 2.27. The van der Waals surface area contributed by atoms with Crippen molar-refractivity contribution in [1.82, 2.24) is 4.98 Å². The average molecular weight is 289 g/mol. The minimum atomic E-state index is -1.03.